The van der Waals surface area contributed by atoms with Crippen LogP contribution in [0, 0.1) is 0 Å². The first-order valence-electron chi connectivity index (χ1n) is 9.77. The fourth-order valence-electron chi connectivity index (χ4n) is 3.54. The van der Waals surface area contributed by atoms with Gasteiger partial charge in [-0.15, -0.1) is 11.3 Å². The standard InChI is InChI=1S/C25H16BrClN2O2S/c1-31-18-11-9-15(10-12-18)13-20-25(30)29(17-6-4-5-16(26)14-17)24(28-20)23-22(27)19-7-2-3-8-21(19)32-23/h2-14H,1H3/b20-13+. The third-order valence-electron chi connectivity index (χ3n) is 5.08. The van der Waals surface area contributed by atoms with Crippen LogP contribution < -0.4 is 9.64 Å². The summed E-state index contributed by atoms with van der Waals surface area (Å²) >= 11 is 11.8. The van der Waals surface area contributed by atoms with Gasteiger partial charge in [0.15, 0.2) is 5.84 Å². The number of amides is 1. The molecule has 0 fully saturated rings. The van der Waals surface area contributed by atoms with Gasteiger partial charge in [-0.05, 0) is 48.0 Å². The fraction of sp³-hybridized carbons (Fsp3) is 0.0400. The van der Waals surface area contributed by atoms with Gasteiger partial charge in [0, 0.05) is 14.6 Å². The van der Waals surface area contributed by atoms with Crippen molar-refractivity contribution in [3.8, 4) is 5.75 Å². The van der Waals surface area contributed by atoms with Crippen LogP contribution in [-0.4, -0.2) is 18.9 Å². The van der Waals surface area contributed by atoms with E-state index < -0.39 is 0 Å². The molecule has 0 unspecified atom stereocenters. The predicted octanol–water partition coefficient (Wildman–Crippen LogP) is 7.16. The first-order valence-corrected chi connectivity index (χ1v) is 11.8. The molecular formula is C25H16BrClN2O2S. The minimum Gasteiger partial charge on any atom is -0.497 e. The van der Waals surface area contributed by atoms with E-state index in [1.165, 1.54) is 11.3 Å². The highest BCUT2D eigenvalue weighted by atomic mass is 79.9. The van der Waals surface area contributed by atoms with E-state index in [4.69, 9.17) is 21.3 Å². The molecular weight excluding hydrogens is 508 g/mol. The molecule has 158 valence electrons. The zero-order valence-electron chi connectivity index (χ0n) is 16.9. The van der Waals surface area contributed by atoms with Crippen LogP contribution in [-0.2, 0) is 4.79 Å². The van der Waals surface area contributed by atoms with E-state index in [-0.39, 0.29) is 5.91 Å². The van der Waals surface area contributed by atoms with Crippen molar-refractivity contribution in [3.63, 3.8) is 0 Å². The summed E-state index contributed by atoms with van der Waals surface area (Å²) in [5, 5.41) is 1.55. The first-order chi connectivity index (χ1) is 15.5. The summed E-state index contributed by atoms with van der Waals surface area (Å²) in [6.45, 7) is 0. The van der Waals surface area contributed by atoms with Crippen molar-refractivity contribution in [2.75, 3.05) is 12.0 Å². The largest absolute Gasteiger partial charge is 0.497 e. The van der Waals surface area contributed by atoms with Gasteiger partial charge in [-0.3, -0.25) is 9.69 Å². The number of rotatable bonds is 4. The summed E-state index contributed by atoms with van der Waals surface area (Å²) in [5.41, 5.74) is 1.92. The summed E-state index contributed by atoms with van der Waals surface area (Å²) in [6, 6.07) is 23.0. The number of anilines is 1. The van der Waals surface area contributed by atoms with Crippen LogP contribution in [0.25, 0.3) is 16.2 Å². The van der Waals surface area contributed by atoms with Gasteiger partial charge in [-0.25, -0.2) is 4.99 Å². The number of hydrogen-bond acceptors (Lipinski definition) is 4. The Labute approximate surface area is 202 Å². The number of benzene rings is 3. The predicted molar refractivity (Wildman–Crippen MR) is 136 cm³/mol. The third-order valence-corrected chi connectivity index (χ3v) is 7.25. The molecule has 3 aromatic carbocycles. The highest BCUT2D eigenvalue weighted by molar-refractivity contribution is 9.10. The minimum atomic E-state index is -0.206. The number of carbonyl (C=O) groups excluding carboxylic acids is 1. The van der Waals surface area contributed by atoms with Crippen molar-refractivity contribution in [1.82, 2.24) is 0 Å². The number of aliphatic imine (C=N–C) groups is 1. The lowest BCUT2D eigenvalue weighted by molar-refractivity contribution is -0.113. The van der Waals surface area contributed by atoms with E-state index >= 15 is 0 Å². The number of methoxy groups -OCH3 is 1. The Balaban J connectivity index is 1.66. The molecule has 0 atom stereocenters. The second-order valence-corrected chi connectivity index (χ2v) is 9.45. The van der Waals surface area contributed by atoms with Gasteiger partial charge >= 0.3 is 0 Å². The number of ether oxygens (including phenoxy) is 1. The number of fused-ring (bicyclic) bond motifs is 1. The number of carbonyl (C=O) groups is 1. The molecule has 0 saturated carbocycles. The van der Waals surface area contributed by atoms with Gasteiger partial charge in [0.25, 0.3) is 5.91 Å². The van der Waals surface area contributed by atoms with Crippen molar-refractivity contribution in [2.45, 2.75) is 0 Å². The molecule has 2 heterocycles. The Kier molecular flexibility index (Phi) is 5.59. The molecule has 1 amide bonds. The van der Waals surface area contributed by atoms with Crippen LogP contribution in [0.15, 0.2) is 88.0 Å². The smallest absolute Gasteiger partial charge is 0.282 e. The second kappa shape index (κ2) is 8.54. The molecule has 4 aromatic rings. The lowest BCUT2D eigenvalue weighted by Crippen LogP contribution is -2.32. The zero-order valence-corrected chi connectivity index (χ0v) is 20.0. The summed E-state index contributed by atoms with van der Waals surface area (Å²) in [4.78, 5) is 20.7. The van der Waals surface area contributed by atoms with Gasteiger partial charge in [-0.1, -0.05) is 63.9 Å². The average Bonchev–Trinajstić information content (AvgIpc) is 3.31. The van der Waals surface area contributed by atoms with Gasteiger partial charge < -0.3 is 4.74 Å². The van der Waals surface area contributed by atoms with Crippen LogP contribution in [0.4, 0.5) is 5.69 Å². The quantitative estimate of drug-likeness (QED) is 0.266. The van der Waals surface area contributed by atoms with E-state index in [0.29, 0.717) is 16.6 Å². The van der Waals surface area contributed by atoms with E-state index in [0.717, 1.165) is 36.4 Å². The summed E-state index contributed by atoms with van der Waals surface area (Å²) in [7, 11) is 1.62. The van der Waals surface area contributed by atoms with Gasteiger partial charge in [0.05, 0.1) is 22.7 Å². The molecule has 0 N–H and O–H groups in total. The number of halogens is 2. The lowest BCUT2D eigenvalue weighted by Gasteiger charge is -2.18. The molecule has 7 heteroatoms. The molecule has 4 nitrogen and oxygen atoms in total. The number of hydrogen-bond donors (Lipinski definition) is 0. The van der Waals surface area contributed by atoms with Crippen molar-refractivity contribution in [2.24, 2.45) is 4.99 Å². The monoisotopic (exact) mass is 522 g/mol. The molecule has 0 bridgehead atoms. The highest BCUT2D eigenvalue weighted by Gasteiger charge is 2.35. The minimum absolute atomic E-state index is 0.206. The molecule has 1 aromatic heterocycles. The van der Waals surface area contributed by atoms with Gasteiger partial charge in [0.1, 0.15) is 11.4 Å². The topological polar surface area (TPSA) is 41.9 Å². The number of thiophene rings is 1. The maximum atomic E-state index is 13.5. The van der Waals surface area contributed by atoms with Crippen molar-refractivity contribution >= 4 is 72.5 Å². The summed E-state index contributed by atoms with van der Waals surface area (Å²) < 4.78 is 7.14. The van der Waals surface area contributed by atoms with Crippen molar-refractivity contribution < 1.29 is 9.53 Å². The van der Waals surface area contributed by atoms with Crippen molar-refractivity contribution in [3.05, 3.63) is 98.4 Å². The third kappa shape index (κ3) is 3.75. The van der Waals surface area contributed by atoms with E-state index in [1.807, 2.05) is 72.8 Å². The normalized spacial score (nSPS) is 15.0. The van der Waals surface area contributed by atoms with Crippen LogP contribution in [0.3, 0.4) is 0 Å². The first kappa shape index (κ1) is 20.9. The van der Waals surface area contributed by atoms with E-state index in [2.05, 4.69) is 15.9 Å². The molecule has 0 spiro atoms. The highest BCUT2D eigenvalue weighted by Crippen LogP contribution is 2.39. The molecule has 0 aliphatic carbocycles. The maximum Gasteiger partial charge on any atom is 0.282 e. The fourth-order valence-corrected chi connectivity index (χ4v) is 5.42. The Morgan fingerprint density at radius 3 is 2.56 bits per heavy atom. The average molecular weight is 524 g/mol. The van der Waals surface area contributed by atoms with Crippen LogP contribution in [0.2, 0.25) is 5.02 Å². The Hall–Kier alpha value is -2.93. The molecule has 1 aliphatic heterocycles. The van der Waals surface area contributed by atoms with Crippen molar-refractivity contribution in [1.29, 1.82) is 0 Å². The molecule has 0 saturated heterocycles. The maximum absolute atomic E-state index is 13.5. The second-order valence-electron chi connectivity index (χ2n) is 7.10. The zero-order chi connectivity index (χ0) is 22.2. The van der Waals surface area contributed by atoms with E-state index in [1.54, 1.807) is 18.1 Å². The summed E-state index contributed by atoms with van der Waals surface area (Å²) in [5.74, 6) is 1.07. The Morgan fingerprint density at radius 1 is 1.06 bits per heavy atom. The molecule has 0 radical (unpaired) electrons. The van der Waals surface area contributed by atoms with Gasteiger partial charge in [-0.2, -0.15) is 0 Å². The molecule has 32 heavy (non-hydrogen) atoms. The van der Waals surface area contributed by atoms with Gasteiger partial charge in [0.2, 0.25) is 0 Å². The lowest BCUT2D eigenvalue weighted by atomic mass is 10.2. The van der Waals surface area contributed by atoms with Crippen LogP contribution in [0.5, 0.6) is 5.75 Å². The van der Waals surface area contributed by atoms with E-state index in [9.17, 15) is 4.79 Å². The number of amidine groups is 1. The Bertz CT molecular complexity index is 1410. The molecule has 5 rings (SSSR count). The Morgan fingerprint density at radius 2 is 1.84 bits per heavy atom. The number of nitrogens with zero attached hydrogens (tertiary/aromatic N) is 2. The molecule has 1 aliphatic rings. The summed E-state index contributed by atoms with van der Waals surface area (Å²) in [6.07, 6.45) is 1.78. The van der Waals surface area contributed by atoms with Crippen LogP contribution >= 0.6 is 38.9 Å². The van der Waals surface area contributed by atoms with Crippen LogP contribution in [0.1, 0.15) is 10.4 Å². The SMILES string of the molecule is COc1ccc(/C=C2/N=C(c3sc4ccccc4c3Cl)N(c3cccc(Br)c3)C2=O)cc1.